The zero-order valence-corrected chi connectivity index (χ0v) is 26.8. The van der Waals surface area contributed by atoms with Gasteiger partial charge in [0.25, 0.3) is 5.69 Å². The lowest BCUT2D eigenvalue weighted by atomic mass is 9.47. The highest BCUT2D eigenvalue weighted by atomic mass is 16.6. The molecule has 0 aromatic heterocycles. The van der Waals surface area contributed by atoms with Crippen molar-refractivity contribution in [1.82, 2.24) is 0 Å². The summed E-state index contributed by atoms with van der Waals surface area (Å²) >= 11 is 0. The minimum absolute atomic E-state index is 0.0880. The van der Waals surface area contributed by atoms with E-state index in [1.807, 2.05) is 0 Å². The maximum Gasteiger partial charge on any atom is 0.306 e. The van der Waals surface area contributed by atoms with Gasteiger partial charge in [-0.15, -0.1) is 0 Å². The second kappa shape index (κ2) is 13.3. The van der Waals surface area contributed by atoms with Crippen LogP contribution in [0.3, 0.4) is 0 Å². The maximum atomic E-state index is 13.0. The molecule has 1 N–H and O–H groups in total. The van der Waals surface area contributed by atoms with E-state index in [4.69, 9.17) is 9.84 Å². The van der Waals surface area contributed by atoms with Gasteiger partial charge in [-0.1, -0.05) is 53.9 Å². The van der Waals surface area contributed by atoms with Gasteiger partial charge in [-0.05, 0) is 92.4 Å². The van der Waals surface area contributed by atoms with E-state index >= 15 is 0 Å². The molecule has 0 saturated heterocycles. The Labute approximate surface area is 255 Å². The molecule has 3 aliphatic carbocycles. The van der Waals surface area contributed by atoms with Gasteiger partial charge in [0.2, 0.25) is 0 Å². The van der Waals surface area contributed by atoms with Gasteiger partial charge in [0, 0.05) is 17.2 Å². The number of carbonyl (C=O) groups is 1. The third-order valence-corrected chi connectivity index (χ3v) is 11.3. The summed E-state index contributed by atoms with van der Waals surface area (Å²) in [4.78, 5) is 34.6. The number of benzene rings is 1. The molecule has 3 saturated carbocycles. The van der Waals surface area contributed by atoms with Gasteiger partial charge in [0.05, 0.1) is 28.9 Å². The van der Waals surface area contributed by atoms with E-state index in [1.165, 1.54) is 44.2 Å². The van der Waals surface area contributed by atoms with Crippen LogP contribution < -0.4 is 5.43 Å². The number of nitrogens with one attached hydrogen (secondary N) is 1. The van der Waals surface area contributed by atoms with Crippen molar-refractivity contribution in [1.29, 1.82) is 0 Å². The second-order valence-electron chi connectivity index (χ2n) is 14.2. The molecule has 0 aliphatic heterocycles. The van der Waals surface area contributed by atoms with Crippen LogP contribution in [-0.2, 0) is 9.53 Å². The van der Waals surface area contributed by atoms with Gasteiger partial charge in [-0.2, -0.15) is 5.10 Å². The van der Waals surface area contributed by atoms with Gasteiger partial charge in [0.15, 0.2) is 0 Å². The van der Waals surface area contributed by atoms with Crippen molar-refractivity contribution in [3.63, 3.8) is 0 Å². The molecule has 7 atom stereocenters. The topological polar surface area (TPSA) is 137 Å². The van der Waals surface area contributed by atoms with Crippen molar-refractivity contribution < 1.29 is 19.4 Å². The van der Waals surface area contributed by atoms with Gasteiger partial charge in [0.1, 0.15) is 5.69 Å². The Kier molecular flexibility index (Phi) is 10.2. The molecular formula is C33H50N4O6. The Morgan fingerprint density at radius 3 is 2.47 bits per heavy atom. The van der Waals surface area contributed by atoms with Crippen molar-refractivity contribution in [2.45, 2.75) is 106 Å². The molecule has 1 aromatic carbocycles. The number of nitro benzene ring substituents is 2. The minimum atomic E-state index is -0.656. The molecule has 0 bridgehead atoms. The molecule has 3 fully saturated rings. The third-order valence-electron chi connectivity index (χ3n) is 11.3. The number of hydrazone groups is 1. The summed E-state index contributed by atoms with van der Waals surface area (Å²) in [5, 5.41) is 27.6. The van der Waals surface area contributed by atoms with E-state index in [-0.39, 0.29) is 29.7 Å². The summed E-state index contributed by atoms with van der Waals surface area (Å²) in [5.74, 6) is 3.27. The molecule has 43 heavy (non-hydrogen) atoms. The number of hydrogen-bond donors (Lipinski definition) is 1. The first-order valence-corrected chi connectivity index (χ1v) is 16.2. The number of non-ortho nitro benzene ring substituents is 1. The second-order valence-corrected chi connectivity index (χ2v) is 14.2. The van der Waals surface area contributed by atoms with Crippen LogP contribution in [0, 0.1) is 66.6 Å². The number of nitrogens with zero attached hydrogens (tertiary/aromatic N) is 3. The average Bonchev–Trinajstić information content (AvgIpc) is 3.29. The fourth-order valence-electron chi connectivity index (χ4n) is 9.24. The summed E-state index contributed by atoms with van der Waals surface area (Å²) in [6.07, 6.45) is 10.4. The number of rotatable bonds is 12. The van der Waals surface area contributed by atoms with Crippen LogP contribution in [0.4, 0.5) is 17.1 Å². The fourth-order valence-corrected chi connectivity index (χ4v) is 9.24. The van der Waals surface area contributed by atoms with Crippen LogP contribution in [0.15, 0.2) is 23.3 Å². The highest BCUT2D eigenvalue weighted by Crippen LogP contribution is 2.66. The first-order chi connectivity index (χ1) is 20.3. The number of ether oxygens (including phenoxy) is 1. The first-order valence-electron chi connectivity index (χ1n) is 16.2. The zero-order valence-electron chi connectivity index (χ0n) is 26.8. The molecule has 0 heterocycles. The van der Waals surface area contributed by atoms with E-state index in [1.54, 1.807) is 6.92 Å². The molecule has 10 nitrogen and oxygen atoms in total. The van der Waals surface area contributed by atoms with E-state index < -0.39 is 20.9 Å². The summed E-state index contributed by atoms with van der Waals surface area (Å²) < 4.78 is 5.43. The molecule has 0 radical (unpaired) electrons. The summed E-state index contributed by atoms with van der Waals surface area (Å²) in [6.45, 7) is 13.8. The Hall–Kier alpha value is -3.04. The van der Waals surface area contributed by atoms with Crippen LogP contribution >= 0.6 is 0 Å². The van der Waals surface area contributed by atoms with Gasteiger partial charge in [-0.25, -0.2) is 0 Å². The van der Waals surface area contributed by atoms with Gasteiger partial charge in [-0.3, -0.25) is 30.4 Å². The Bertz CT molecular complexity index is 1230. The van der Waals surface area contributed by atoms with E-state index in [0.717, 1.165) is 42.9 Å². The number of fused-ring (bicyclic) bond motifs is 3. The van der Waals surface area contributed by atoms with Crippen molar-refractivity contribution in [3.8, 4) is 0 Å². The van der Waals surface area contributed by atoms with Gasteiger partial charge >= 0.3 is 11.7 Å². The lowest BCUT2D eigenvalue weighted by Gasteiger charge is -2.57. The molecule has 10 heteroatoms. The monoisotopic (exact) mass is 598 g/mol. The van der Waals surface area contributed by atoms with Crippen LogP contribution in [0.2, 0.25) is 0 Å². The van der Waals surface area contributed by atoms with Crippen molar-refractivity contribution in [2.75, 3.05) is 12.0 Å². The number of anilines is 1. The predicted octanol–water partition coefficient (Wildman–Crippen LogP) is 8.55. The van der Waals surface area contributed by atoms with Crippen molar-refractivity contribution in [3.05, 3.63) is 38.4 Å². The summed E-state index contributed by atoms with van der Waals surface area (Å²) in [5.41, 5.74) is 2.74. The molecule has 1 aromatic rings. The van der Waals surface area contributed by atoms with E-state index in [0.29, 0.717) is 36.2 Å². The summed E-state index contributed by atoms with van der Waals surface area (Å²) in [7, 11) is 0. The molecule has 3 aliphatic rings. The minimum Gasteiger partial charge on any atom is -0.466 e. The van der Waals surface area contributed by atoms with Crippen molar-refractivity contribution >= 4 is 28.7 Å². The Morgan fingerprint density at radius 2 is 1.81 bits per heavy atom. The molecule has 238 valence electrons. The molecule has 7 unspecified atom stereocenters. The van der Waals surface area contributed by atoms with Crippen LogP contribution in [0.5, 0.6) is 0 Å². The first kappa shape index (κ1) is 32.9. The predicted molar refractivity (Wildman–Crippen MR) is 168 cm³/mol. The largest absolute Gasteiger partial charge is 0.466 e. The molecule has 0 amide bonds. The van der Waals surface area contributed by atoms with E-state index in [9.17, 15) is 25.0 Å². The standard InChI is InChI=1S/C33H50N4O6/c1-7-43-31(38)20-33(6)27-17-18-32(5)25(22(4)10-8-9-21(2)3)13-14-26(32)24(27)12-16-30(33)35-34-28-15-11-23(36(39)40)19-29(28)37(41)42/h11,15,19,21-22,24-27,34H,7-10,12-14,16-18,20H2,1-6H3/b35-30-. The lowest BCUT2D eigenvalue weighted by Crippen LogP contribution is -2.53. The van der Waals surface area contributed by atoms with Crippen molar-refractivity contribution in [2.24, 2.45) is 51.4 Å². The normalized spacial score (nSPS) is 31.7. The molecular weight excluding hydrogens is 548 g/mol. The highest BCUT2D eigenvalue weighted by Gasteiger charge is 2.60. The number of nitro groups is 2. The number of hydrogen-bond acceptors (Lipinski definition) is 8. The SMILES string of the molecule is CCOC(=O)CC1(C)/C(=N\Nc2ccc([N+](=O)[O-])cc2[N+](=O)[O-])CCC2C1CCC1(C)C(C(C)CCCC(C)C)CCC21. The highest BCUT2D eigenvalue weighted by molar-refractivity contribution is 5.94. The summed E-state index contributed by atoms with van der Waals surface area (Å²) in [6, 6.07) is 3.49. The van der Waals surface area contributed by atoms with Crippen LogP contribution in [0.1, 0.15) is 106 Å². The smallest absolute Gasteiger partial charge is 0.306 e. The van der Waals surface area contributed by atoms with Crippen LogP contribution in [0.25, 0.3) is 0 Å². The van der Waals surface area contributed by atoms with Gasteiger partial charge < -0.3 is 4.74 Å². The number of esters is 1. The molecule has 4 rings (SSSR count). The Morgan fingerprint density at radius 1 is 1.07 bits per heavy atom. The molecule has 0 spiro atoms. The number of carbonyl (C=O) groups excluding carboxylic acids is 1. The quantitative estimate of drug-likeness (QED) is 0.144. The zero-order chi connectivity index (χ0) is 31.5. The lowest BCUT2D eigenvalue weighted by molar-refractivity contribution is -0.393. The average molecular weight is 599 g/mol. The third kappa shape index (κ3) is 6.73. The van der Waals surface area contributed by atoms with Crippen LogP contribution in [-0.4, -0.2) is 28.1 Å². The van der Waals surface area contributed by atoms with E-state index in [2.05, 4.69) is 40.0 Å². The Balaban J connectivity index is 1.60. The maximum absolute atomic E-state index is 13.0. The fraction of sp³-hybridized carbons (Fsp3) is 0.758.